The van der Waals surface area contributed by atoms with Gasteiger partial charge in [-0.2, -0.15) is 0 Å². The zero-order chi connectivity index (χ0) is 10.8. The molecule has 0 saturated heterocycles. The van der Waals surface area contributed by atoms with Crippen molar-refractivity contribution in [3.8, 4) is 5.75 Å². The van der Waals surface area contributed by atoms with Gasteiger partial charge in [-0.15, -0.1) is 0 Å². The van der Waals surface area contributed by atoms with Crippen LogP contribution >= 0.6 is 11.6 Å². The first kappa shape index (κ1) is 11.1. The fourth-order valence-corrected chi connectivity index (χ4v) is 1.97. The molecule has 0 aliphatic carbocycles. The van der Waals surface area contributed by atoms with Gasteiger partial charge >= 0.3 is 0 Å². The molecule has 5 heteroatoms. The molecule has 0 aromatic heterocycles. The van der Waals surface area contributed by atoms with Gasteiger partial charge in [0.2, 0.25) is 0 Å². The van der Waals surface area contributed by atoms with Crippen LogP contribution in [0, 0.1) is 0 Å². The summed E-state index contributed by atoms with van der Waals surface area (Å²) < 4.78 is 27.6. The molecule has 0 radical (unpaired) electrons. The smallest absolute Gasteiger partial charge is 0.199 e. The van der Waals surface area contributed by atoms with Crippen LogP contribution in [0.3, 0.4) is 0 Å². The van der Waals surface area contributed by atoms with Crippen LogP contribution < -0.4 is 4.74 Å². The molecule has 0 N–H and O–H groups in total. The number of methoxy groups -OCH3 is 1. The van der Waals surface area contributed by atoms with Crippen molar-refractivity contribution in [2.75, 3.05) is 7.11 Å². The molecule has 3 nitrogen and oxygen atoms in total. The SMILES string of the molecule is C=CS(=O)(=O)c1ccc(OC)c(Cl)c1. The second-order valence-corrected chi connectivity index (χ2v) is 4.81. The Hall–Kier alpha value is -1.00. The molecule has 14 heavy (non-hydrogen) atoms. The van der Waals surface area contributed by atoms with Crippen LogP contribution in [-0.2, 0) is 9.84 Å². The molecule has 0 unspecified atom stereocenters. The molecule has 0 aliphatic heterocycles. The summed E-state index contributed by atoms with van der Waals surface area (Å²) in [5, 5.41) is 1.14. The minimum Gasteiger partial charge on any atom is -0.495 e. The second kappa shape index (κ2) is 4.02. The third-order valence-corrected chi connectivity index (χ3v) is 3.32. The summed E-state index contributed by atoms with van der Waals surface area (Å²) in [4.78, 5) is 0.110. The average Bonchev–Trinajstić information content (AvgIpc) is 2.17. The first-order valence-electron chi connectivity index (χ1n) is 3.72. The molecular formula is C9H9ClO3S. The van der Waals surface area contributed by atoms with Crippen molar-refractivity contribution in [2.45, 2.75) is 4.90 Å². The lowest BCUT2D eigenvalue weighted by molar-refractivity contribution is 0.414. The van der Waals surface area contributed by atoms with E-state index in [0.29, 0.717) is 5.75 Å². The van der Waals surface area contributed by atoms with Gasteiger partial charge in [0.15, 0.2) is 9.84 Å². The Labute approximate surface area is 87.9 Å². The van der Waals surface area contributed by atoms with Gasteiger partial charge in [-0.1, -0.05) is 18.2 Å². The van der Waals surface area contributed by atoms with Crippen molar-refractivity contribution < 1.29 is 13.2 Å². The van der Waals surface area contributed by atoms with Crippen LogP contribution in [0.25, 0.3) is 0 Å². The van der Waals surface area contributed by atoms with Crippen LogP contribution in [0.5, 0.6) is 5.75 Å². The number of ether oxygens (including phenoxy) is 1. The van der Waals surface area contributed by atoms with E-state index in [9.17, 15) is 8.42 Å². The number of sulfone groups is 1. The minimum absolute atomic E-state index is 0.110. The largest absolute Gasteiger partial charge is 0.495 e. The standard InChI is InChI=1S/C9H9ClO3S/c1-3-14(11,12)7-4-5-9(13-2)8(10)6-7/h3-6H,1H2,2H3. The Morgan fingerprint density at radius 2 is 2.14 bits per heavy atom. The molecule has 0 amide bonds. The van der Waals surface area contributed by atoms with Gasteiger partial charge in [-0.25, -0.2) is 8.42 Å². The lowest BCUT2D eigenvalue weighted by atomic mass is 10.3. The molecule has 0 fully saturated rings. The number of rotatable bonds is 3. The van der Waals surface area contributed by atoms with E-state index >= 15 is 0 Å². The zero-order valence-electron chi connectivity index (χ0n) is 7.53. The zero-order valence-corrected chi connectivity index (χ0v) is 9.10. The molecule has 0 bridgehead atoms. The Kier molecular flexibility index (Phi) is 3.18. The quantitative estimate of drug-likeness (QED) is 0.803. The monoisotopic (exact) mass is 232 g/mol. The van der Waals surface area contributed by atoms with Crippen LogP contribution in [0.4, 0.5) is 0 Å². The van der Waals surface area contributed by atoms with Gasteiger partial charge in [-0.3, -0.25) is 0 Å². The first-order valence-corrected chi connectivity index (χ1v) is 5.65. The number of hydrogen-bond acceptors (Lipinski definition) is 3. The summed E-state index contributed by atoms with van der Waals surface area (Å²) >= 11 is 5.77. The summed E-state index contributed by atoms with van der Waals surface area (Å²) in [5.41, 5.74) is 0. The van der Waals surface area contributed by atoms with Gasteiger partial charge < -0.3 is 4.74 Å². The highest BCUT2D eigenvalue weighted by Crippen LogP contribution is 2.27. The third-order valence-electron chi connectivity index (χ3n) is 1.67. The first-order chi connectivity index (χ1) is 6.51. The van der Waals surface area contributed by atoms with Gasteiger partial charge in [0.25, 0.3) is 0 Å². The molecule has 0 heterocycles. The van der Waals surface area contributed by atoms with E-state index in [1.807, 2.05) is 0 Å². The maximum absolute atomic E-state index is 11.3. The van der Waals surface area contributed by atoms with E-state index in [2.05, 4.69) is 6.58 Å². The maximum Gasteiger partial charge on any atom is 0.199 e. The molecule has 1 rings (SSSR count). The fraction of sp³-hybridized carbons (Fsp3) is 0.111. The van der Waals surface area contributed by atoms with Crippen molar-refractivity contribution >= 4 is 21.4 Å². The summed E-state index contributed by atoms with van der Waals surface area (Å²) in [5.74, 6) is 0.440. The van der Waals surface area contributed by atoms with Crippen LogP contribution in [0.15, 0.2) is 35.1 Å². The van der Waals surface area contributed by atoms with E-state index in [4.69, 9.17) is 16.3 Å². The predicted molar refractivity (Wildman–Crippen MR) is 55.4 cm³/mol. The average molecular weight is 233 g/mol. The van der Waals surface area contributed by atoms with Crippen LogP contribution in [0.2, 0.25) is 5.02 Å². The highest BCUT2D eigenvalue weighted by atomic mass is 35.5. The highest BCUT2D eigenvalue weighted by Gasteiger charge is 2.11. The van der Waals surface area contributed by atoms with Gasteiger partial charge in [-0.05, 0) is 18.2 Å². The lowest BCUT2D eigenvalue weighted by Crippen LogP contribution is -1.96. The lowest BCUT2D eigenvalue weighted by Gasteiger charge is -2.04. The van der Waals surface area contributed by atoms with E-state index in [0.717, 1.165) is 5.41 Å². The second-order valence-electron chi connectivity index (χ2n) is 2.51. The predicted octanol–water partition coefficient (Wildman–Crippen LogP) is 2.27. The van der Waals surface area contributed by atoms with Gasteiger partial charge in [0, 0.05) is 5.41 Å². The van der Waals surface area contributed by atoms with Crippen molar-refractivity contribution in [1.82, 2.24) is 0 Å². The van der Waals surface area contributed by atoms with Crippen molar-refractivity contribution in [1.29, 1.82) is 0 Å². The molecule has 76 valence electrons. The molecule has 0 saturated carbocycles. The molecule has 0 spiro atoms. The van der Waals surface area contributed by atoms with E-state index in [1.54, 1.807) is 0 Å². The van der Waals surface area contributed by atoms with E-state index in [1.165, 1.54) is 25.3 Å². The number of halogens is 1. The number of hydrogen-bond donors (Lipinski definition) is 0. The van der Waals surface area contributed by atoms with Gasteiger partial charge in [0.05, 0.1) is 17.0 Å². The maximum atomic E-state index is 11.3. The topological polar surface area (TPSA) is 43.4 Å². The van der Waals surface area contributed by atoms with Crippen molar-refractivity contribution in [3.63, 3.8) is 0 Å². The summed E-state index contributed by atoms with van der Waals surface area (Å²) in [7, 11) is -1.96. The highest BCUT2D eigenvalue weighted by molar-refractivity contribution is 7.94. The number of benzene rings is 1. The molecule has 0 aliphatic rings. The van der Waals surface area contributed by atoms with E-state index < -0.39 is 9.84 Å². The normalized spacial score (nSPS) is 11.0. The third kappa shape index (κ3) is 2.08. The molecule has 0 atom stereocenters. The molecule has 1 aromatic carbocycles. The van der Waals surface area contributed by atoms with Crippen LogP contribution in [0.1, 0.15) is 0 Å². The molecule has 1 aromatic rings. The Morgan fingerprint density at radius 1 is 1.50 bits per heavy atom. The summed E-state index contributed by atoms with van der Waals surface area (Å²) in [6.45, 7) is 3.22. The summed E-state index contributed by atoms with van der Waals surface area (Å²) in [6, 6.07) is 4.25. The van der Waals surface area contributed by atoms with Gasteiger partial charge in [0.1, 0.15) is 5.75 Å². The minimum atomic E-state index is -3.42. The van der Waals surface area contributed by atoms with Crippen molar-refractivity contribution in [3.05, 3.63) is 35.2 Å². The van der Waals surface area contributed by atoms with Crippen molar-refractivity contribution in [2.24, 2.45) is 0 Å². The summed E-state index contributed by atoms with van der Waals surface area (Å²) in [6.07, 6.45) is 0. The molecular weight excluding hydrogens is 224 g/mol. The Bertz CT molecular complexity index is 451. The Morgan fingerprint density at radius 3 is 2.57 bits per heavy atom. The fourth-order valence-electron chi connectivity index (χ4n) is 0.920. The van der Waals surface area contributed by atoms with E-state index in [-0.39, 0.29) is 9.92 Å². The Balaban J connectivity index is 3.29. The van der Waals surface area contributed by atoms with Crippen LogP contribution in [-0.4, -0.2) is 15.5 Å².